The number of thioether (sulfide) groups is 1. The average molecular weight is 305 g/mol. The number of ether oxygens (including phenoxy) is 1. The largest absolute Gasteiger partial charge is 0.468 e. The van der Waals surface area contributed by atoms with Gasteiger partial charge in [0.25, 0.3) is 0 Å². The minimum absolute atomic E-state index is 0.253. The van der Waals surface area contributed by atoms with Crippen LogP contribution in [0.15, 0.2) is 27.6 Å². The first-order chi connectivity index (χ1) is 7.54. The molecule has 1 N–H and O–H groups in total. The lowest BCUT2D eigenvalue weighted by atomic mass is 10.1. The van der Waals surface area contributed by atoms with Gasteiger partial charge in [0.1, 0.15) is 0 Å². The summed E-state index contributed by atoms with van der Waals surface area (Å²) in [6.07, 6.45) is -0.490. The van der Waals surface area contributed by atoms with Gasteiger partial charge in [0, 0.05) is 9.37 Å². The summed E-state index contributed by atoms with van der Waals surface area (Å²) in [6.45, 7) is 1.71. The van der Waals surface area contributed by atoms with Crippen molar-refractivity contribution in [3.63, 3.8) is 0 Å². The van der Waals surface area contributed by atoms with Crippen LogP contribution < -0.4 is 0 Å². The van der Waals surface area contributed by atoms with Crippen LogP contribution in [0, 0.1) is 0 Å². The Labute approximate surface area is 107 Å². The van der Waals surface area contributed by atoms with Crippen LogP contribution in [0.5, 0.6) is 0 Å². The van der Waals surface area contributed by atoms with Crippen LogP contribution in [0.2, 0.25) is 0 Å². The Balaban J connectivity index is 2.72. The van der Waals surface area contributed by atoms with Gasteiger partial charge in [-0.25, -0.2) is 0 Å². The summed E-state index contributed by atoms with van der Waals surface area (Å²) in [4.78, 5) is 11.9. The van der Waals surface area contributed by atoms with Gasteiger partial charge in [0.05, 0.1) is 19.0 Å². The molecule has 1 aromatic carbocycles. The predicted molar refractivity (Wildman–Crippen MR) is 67.5 cm³/mol. The van der Waals surface area contributed by atoms with Gasteiger partial charge >= 0.3 is 5.97 Å². The van der Waals surface area contributed by atoms with E-state index in [1.807, 2.05) is 18.2 Å². The molecule has 1 aromatic rings. The molecular formula is C11H13BrO3S. The SMILES string of the molecule is COC(=O)CSc1ccc([C@H](C)O)cc1Br. The van der Waals surface area contributed by atoms with Gasteiger partial charge in [-0.3, -0.25) is 4.79 Å². The van der Waals surface area contributed by atoms with Gasteiger partial charge in [-0.1, -0.05) is 6.07 Å². The molecule has 0 saturated carbocycles. The summed E-state index contributed by atoms with van der Waals surface area (Å²) in [5.41, 5.74) is 0.842. The molecule has 1 atom stereocenters. The second kappa shape index (κ2) is 6.27. The van der Waals surface area contributed by atoms with Crippen LogP contribution in [0.25, 0.3) is 0 Å². The molecule has 0 radical (unpaired) electrons. The van der Waals surface area contributed by atoms with Crippen molar-refractivity contribution in [3.8, 4) is 0 Å². The number of carbonyl (C=O) groups excluding carboxylic acids is 1. The summed E-state index contributed by atoms with van der Waals surface area (Å²) >= 11 is 4.80. The van der Waals surface area contributed by atoms with E-state index in [1.54, 1.807) is 6.92 Å². The van der Waals surface area contributed by atoms with Crippen molar-refractivity contribution in [1.29, 1.82) is 0 Å². The van der Waals surface area contributed by atoms with Gasteiger partial charge in [-0.15, -0.1) is 11.8 Å². The molecule has 0 aliphatic rings. The van der Waals surface area contributed by atoms with E-state index in [9.17, 15) is 9.90 Å². The lowest BCUT2D eigenvalue weighted by molar-refractivity contribution is -0.137. The van der Waals surface area contributed by atoms with E-state index in [2.05, 4.69) is 20.7 Å². The molecular weight excluding hydrogens is 292 g/mol. The number of hydrogen-bond donors (Lipinski definition) is 1. The molecule has 0 bridgehead atoms. The third-order valence-electron chi connectivity index (χ3n) is 2.01. The van der Waals surface area contributed by atoms with Gasteiger partial charge in [-0.05, 0) is 40.5 Å². The Morgan fingerprint density at radius 2 is 2.31 bits per heavy atom. The highest BCUT2D eigenvalue weighted by Gasteiger charge is 2.08. The van der Waals surface area contributed by atoms with E-state index in [0.717, 1.165) is 14.9 Å². The molecule has 0 saturated heterocycles. The fraction of sp³-hybridized carbons (Fsp3) is 0.364. The summed E-state index contributed by atoms with van der Waals surface area (Å²) in [7, 11) is 1.37. The van der Waals surface area contributed by atoms with E-state index < -0.39 is 6.10 Å². The van der Waals surface area contributed by atoms with Gasteiger partial charge in [-0.2, -0.15) is 0 Å². The van der Waals surface area contributed by atoms with E-state index in [0.29, 0.717) is 0 Å². The highest BCUT2D eigenvalue weighted by atomic mass is 79.9. The molecule has 0 spiro atoms. The monoisotopic (exact) mass is 304 g/mol. The quantitative estimate of drug-likeness (QED) is 0.686. The van der Waals surface area contributed by atoms with Crippen LogP contribution in [0.3, 0.4) is 0 Å². The zero-order valence-electron chi connectivity index (χ0n) is 9.07. The molecule has 0 aromatic heterocycles. The van der Waals surface area contributed by atoms with E-state index >= 15 is 0 Å². The Morgan fingerprint density at radius 3 is 2.81 bits per heavy atom. The maximum Gasteiger partial charge on any atom is 0.315 e. The maximum absolute atomic E-state index is 11.0. The molecule has 1 rings (SSSR count). The molecule has 0 unspecified atom stereocenters. The number of benzene rings is 1. The van der Waals surface area contributed by atoms with Crippen molar-refractivity contribution < 1.29 is 14.6 Å². The first kappa shape index (κ1) is 13.5. The first-order valence-corrected chi connectivity index (χ1v) is 6.49. The number of rotatable bonds is 4. The van der Waals surface area contributed by atoms with Crippen molar-refractivity contribution >= 4 is 33.7 Å². The van der Waals surface area contributed by atoms with Crippen molar-refractivity contribution in [1.82, 2.24) is 0 Å². The summed E-state index contributed by atoms with van der Waals surface area (Å²) in [5, 5.41) is 9.39. The highest BCUT2D eigenvalue weighted by molar-refractivity contribution is 9.10. The second-order valence-electron chi connectivity index (χ2n) is 3.23. The van der Waals surface area contributed by atoms with Gasteiger partial charge < -0.3 is 9.84 Å². The fourth-order valence-electron chi connectivity index (χ4n) is 1.09. The molecule has 0 amide bonds. The van der Waals surface area contributed by atoms with Crippen molar-refractivity contribution in [2.24, 2.45) is 0 Å². The second-order valence-corrected chi connectivity index (χ2v) is 5.10. The van der Waals surface area contributed by atoms with E-state index in [4.69, 9.17) is 0 Å². The number of methoxy groups -OCH3 is 1. The molecule has 0 heterocycles. The van der Waals surface area contributed by atoms with Crippen LogP contribution >= 0.6 is 27.7 Å². The molecule has 0 fully saturated rings. The molecule has 5 heteroatoms. The van der Waals surface area contributed by atoms with Gasteiger partial charge in [0.15, 0.2) is 0 Å². The Morgan fingerprint density at radius 1 is 1.62 bits per heavy atom. The van der Waals surface area contributed by atoms with Gasteiger partial charge in [0.2, 0.25) is 0 Å². The van der Waals surface area contributed by atoms with E-state index in [-0.39, 0.29) is 11.7 Å². The lowest BCUT2D eigenvalue weighted by Gasteiger charge is -2.08. The predicted octanol–water partition coefficient (Wildman–Crippen LogP) is 2.77. The van der Waals surface area contributed by atoms with Crippen molar-refractivity contribution in [2.45, 2.75) is 17.9 Å². The maximum atomic E-state index is 11.0. The highest BCUT2D eigenvalue weighted by Crippen LogP contribution is 2.30. The molecule has 88 valence electrons. The molecule has 0 aliphatic heterocycles. The lowest BCUT2D eigenvalue weighted by Crippen LogP contribution is -2.03. The van der Waals surface area contributed by atoms with Crippen LogP contribution in [-0.4, -0.2) is 23.9 Å². The third kappa shape index (κ3) is 3.81. The summed E-state index contributed by atoms with van der Waals surface area (Å²) in [6, 6.07) is 5.57. The molecule has 3 nitrogen and oxygen atoms in total. The third-order valence-corrected chi connectivity index (χ3v) is 3.98. The van der Waals surface area contributed by atoms with Crippen LogP contribution in [0.1, 0.15) is 18.6 Å². The normalized spacial score (nSPS) is 12.2. The Hall–Kier alpha value is -0.520. The van der Waals surface area contributed by atoms with Crippen LogP contribution in [0.4, 0.5) is 0 Å². The fourth-order valence-corrected chi connectivity index (χ4v) is 2.58. The zero-order chi connectivity index (χ0) is 12.1. The van der Waals surface area contributed by atoms with E-state index in [1.165, 1.54) is 18.9 Å². The summed E-state index contributed by atoms with van der Waals surface area (Å²) < 4.78 is 5.43. The van der Waals surface area contributed by atoms with Crippen molar-refractivity contribution in [2.75, 3.05) is 12.9 Å². The van der Waals surface area contributed by atoms with Crippen molar-refractivity contribution in [3.05, 3.63) is 28.2 Å². The first-order valence-electron chi connectivity index (χ1n) is 4.71. The number of hydrogen-bond acceptors (Lipinski definition) is 4. The Kier molecular flexibility index (Phi) is 5.31. The topological polar surface area (TPSA) is 46.5 Å². The number of aliphatic hydroxyl groups excluding tert-OH is 1. The molecule has 0 aliphatic carbocycles. The minimum atomic E-state index is -0.490. The van der Waals surface area contributed by atoms with Crippen LogP contribution in [-0.2, 0) is 9.53 Å². The molecule has 16 heavy (non-hydrogen) atoms. The standard InChI is InChI=1S/C11H13BrO3S/c1-7(13)8-3-4-10(9(12)5-8)16-6-11(14)15-2/h3-5,7,13H,6H2,1-2H3/t7-/m0/s1. The number of halogens is 1. The average Bonchev–Trinajstić information content (AvgIpc) is 2.26. The smallest absolute Gasteiger partial charge is 0.315 e. The minimum Gasteiger partial charge on any atom is -0.468 e. The summed E-state index contributed by atoms with van der Waals surface area (Å²) in [5.74, 6) is 0.0276. The number of esters is 1. The zero-order valence-corrected chi connectivity index (χ0v) is 11.5. The number of carbonyl (C=O) groups is 1. The Bertz CT molecular complexity index is 379. The number of aliphatic hydroxyl groups is 1.